The Morgan fingerprint density at radius 1 is 1.00 bits per heavy atom. The topological polar surface area (TPSA) is 41.6 Å². The summed E-state index contributed by atoms with van der Waals surface area (Å²) in [6.45, 7) is 1.99. The van der Waals surface area contributed by atoms with E-state index in [4.69, 9.17) is 0 Å². The molecule has 0 saturated carbocycles. The fourth-order valence-electron chi connectivity index (χ4n) is 1.75. The van der Waals surface area contributed by atoms with Crippen LogP contribution in [0.1, 0.15) is 5.69 Å². The van der Waals surface area contributed by atoms with Gasteiger partial charge in [-0.25, -0.2) is 4.98 Å². The Hall–Kier alpha value is -2.16. The first-order valence-corrected chi connectivity index (χ1v) is 5.19. The number of imidazole rings is 1. The summed E-state index contributed by atoms with van der Waals surface area (Å²) in [5.41, 5.74) is 5.36. The summed E-state index contributed by atoms with van der Waals surface area (Å²) >= 11 is 0. The van der Waals surface area contributed by atoms with Gasteiger partial charge in [0, 0.05) is 17.5 Å². The third-order valence-corrected chi connectivity index (χ3v) is 2.66. The van der Waals surface area contributed by atoms with Crippen LogP contribution in [0.25, 0.3) is 22.2 Å². The minimum Gasteiger partial charge on any atom is -0.345 e. The molecule has 0 aliphatic carbocycles. The van der Waals surface area contributed by atoms with E-state index in [0.717, 1.165) is 27.9 Å². The maximum absolute atomic E-state index is 4.30. The van der Waals surface area contributed by atoms with Gasteiger partial charge in [-0.1, -0.05) is 12.1 Å². The number of aryl methyl sites for hydroxylation is 1. The van der Waals surface area contributed by atoms with E-state index < -0.39 is 0 Å². The normalized spacial score (nSPS) is 10.8. The molecule has 2 heterocycles. The third kappa shape index (κ3) is 1.46. The van der Waals surface area contributed by atoms with Crippen LogP contribution in [0.2, 0.25) is 0 Å². The second-order valence-corrected chi connectivity index (χ2v) is 3.82. The van der Waals surface area contributed by atoms with Crippen molar-refractivity contribution in [1.29, 1.82) is 0 Å². The first-order valence-electron chi connectivity index (χ1n) is 5.19. The molecule has 2 aromatic heterocycles. The molecule has 0 aliphatic heterocycles. The zero-order chi connectivity index (χ0) is 11.0. The van der Waals surface area contributed by atoms with Crippen molar-refractivity contribution in [2.45, 2.75) is 6.92 Å². The largest absolute Gasteiger partial charge is 0.345 e. The predicted octanol–water partition coefficient (Wildman–Crippen LogP) is 2.93. The number of rotatable bonds is 1. The van der Waals surface area contributed by atoms with E-state index >= 15 is 0 Å². The van der Waals surface area contributed by atoms with Gasteiger partial charge in [-0.2, -0.15) is 0 Å². The van der Waals surface area contributed by atoms with Gasteiger partial charge in [0.25, 0.3) is 0 Å². The van der Waals surface area contributed by atoms with Crippen LogP contribution in [0.3, 0.4) is 0 Å². The highest BCUT2D eigenvalue weighted by molar-refractivity contribution is 5.81. The Kier molecular flexibility index (Phi) is 1.96. The zero-order valence-corrected chi connectivity index (χ0v) is 8.94. The lowest BCUT2D eigenvalue weighted by molar-refractivity contribution is 1.20. The molecule has 0 radical (unpaired) electrons. The van der Waals surface area contributed by atoms with Crippen molar-refractivity contribution < 1.29 is 0 Å². The van der Waals surface area contributed by atoms with Crippen LogP contribution in [0.15, 0.2) is 42.9 Å². The number of hydrogen-bond donors (Lipinski definition) is 1. The molecule has 0 spiro atoms. The Bertz CT molecular complexity index is 623. The molecule has 0 amide bonds. The molecule has 78 valence electrons. The maximum Gasteiger partial charge on any atom is 0.0931 e. The summed E-state index contributed by atoms with van der Waals surface area (Å²) in [6, 6.07) is 10.3. The van der Waals surface area contributed by atoms with Gasteiger partial charge >= 0.3 is 0 Å². The molecule has 0 unspecified atom stereocenters. The van der Waals surface area contributed by atoms with Crippen LogP contribution >= 0.6 is 0 Å². The monoisotopic (exact) mass is 209 g/mol. The van der Waals surface area contributed by atoms with E-state index in [1.54, 1.807) is 6.33 Å². The highest BCUT2D eigenvalue weighted by Gasteiger charge is 2.01. The Labute approximate surface area is 93.2 Å². The van der Waals surface area contributed by atoms with Gasteiger partial charge in [0.1, 0.15) is 0 Å². The Morgan fingerprint density at radius 3 is 2.69 bits per heavy atom. The van der Waals surface area contributed by atoms with E-state index in [-0.39, 0.29) is 0 Å². The van der Waals surface area contributed by atoms with Gasteiger partial charge in [-0.15, -0.1) is 0 Å². The molecular weight excluding hydrogens is 198 g/mol. The van der Waals surface area contributed by atoms with Gasteiger partial charge in [-0.3, -0.25) is 4.98 Å². The van der Waals surface area contributed by atoms with E-state index in [0.29, 0.717) is 0 Å². The molecule has 16 heavy (non-hydrogen) atoms. The summed E-state index contributed by atoms with van der Waals surface area (Å²) in [5.74, 6) is 0. The fourth-order valence-corrected chi connectivity index (χ4v) is 1.75. The molecule has 0 saturated heterocycles. The smallest absolute Gasteiger partial charge is 0.0931 e. The number of aromatic amines is 1. The summed E-state index contributed by atoms with van der Waals surface area (Å²) in [5, 5.41) is 0. The summed E-state index contributed by atoms with van der Waals surface area (Å²) in [4.78, 5) is 11.6. The molecule has 3 aromatic rings. The van der Waals surface area contributed by atoms with E-state index in [1.807, 2.05) is 25.3 Å². The number of H-pyrrole nitrogens is 1. The van der Waals surface area contributed by atoms with Crippen molar-refractivity contribution in [3.05, 3.63) is 48.5 Å². The number of nitrogens with zero attached hydrogens (tertiary/aromatic N) is 2. The molecular formula is C13H11N3. The summed E-state index contributed by atoms with van der Waals surface area (Å²) < 4.78 is 0. The summed E-state index contributed by atoms with van der Waals surface area (Å²) in [6.07, 6.45) is 3.61. The highest BCUT2D eigenvalue weighted by Crippen LogP contribution is 2.22. The zero-order valence-electron chi connectivity index (χ0n) is 8.94. The van der Waals surface area contributed by atoms with Crippen molar-refractivity contribution >= 4 is 11.0 Å². The van der Waals surface area contributed by atoms with Gasteiger partial charge in [0.05, 0.1) is 17.4 Å². The van der Waals surface area contributed by atoms with Gasteiger partial charge in [-0.05, 0) is 30.7 Å². The lowest BCUT2D eigenvalue weighted by Crippen LogP contribution is -1.83. The van der Waals surface area contributed by atoms with E-state index in [1.165, 1.54) is 0 Å². The predicted molar refractivity (Wildman–Crippen MR) is 64.1 cm³/mol. The van der Waals surface area contributed by atoms with Gasteiger partial charge in [0.15, 0.2) is 0 Å². The Morgan fingerprint density at radius 2 is 1.88 bits per heavy atom. The molecule has 3 rings (SSSR count). The lowest BCUT2D eigenvalue weighted by atomic mass is 10.1. The van der Waals surface area contributed by atoms with Crippen LogP contribution in [0.5, 0.6) is 0 Å². The minimum atomic E-state index is 0.990. The number of fused-ring (bicyclic) bond motifs is 1. The number of benzene rings is 1. The van der Waals surface area contributed by atoms with Crippen molar-refractivity contribution in [2.24, 2.45) is 0 Å². The molecule has 3 heteroatoms. The maximum atomic E-state index is 4.30. The van der Waals surface area contributed by atoms with Gasteiger partial charge < -0.3 is 4.98 Å². The second kappa shape index (κ2) is 3.45. The van der Waals surface area contributed by atoms with E-state index in [9.17, 15) is 0 Å². The molecule has 0 aliphatic rings. The highest BCUT2D eigenvalue weighted by atomic mass is 14.9. The minimum absolute atomic E-state index is 0.990. The fraction of sp³-hybridized carbons (Fsp3) is 0.0769. The average molecular weight is 209 g/mol. The number of pyridine rings is 1. The van der Waals surface area contributed by atoms with Crippen LogP contribution in [0, 0.1) is 6.92 Å². The van der Waals surface area contributed by atoms with Crippen molar-refractivity contribution in [3.8, 4) is 11.1 Å². The standard InChI is InChI=1S/C13H11N3/c1-9-2-3-11(7-14-9)10-4-5-12-13(6-10)16-8-15-12/h2-8H,1H3,(H,15,16). The number of aromatic nitrogens is 3. The van der Waals surface area contributed by atoms with Crippen LogP contribution in [-0.4, -0.2) is 15.0 Å². The van der Waals surface area contributed by atoms with Crippen molar-refractivity contribution in [2.75, 3.05) is 0 Å². The first-order chi connectivity index (χ1) is 7.83. The average Bonchev–Trinajstić information content (AvgIpc) is 2.77. The molecule has 1 N–H and O–H groups in total. The molecule has 0 bridgehead atoms. The molecule has 1 aromatic carbocycles. The van der Waals surface area contributed by atoms with Crippen LogP contribution in [-0.2, 0) is 0 Å². The van der Waals surface area contributed by atoms with Crippen molar-refractivity contribution in [1.82, 2.24) is 15.0 Å². The van der Waals surface area contributed by atoms with E-state index in [2.05, 4.69) is 33.2 Å². The quantitative estimate of drug-likeness (QED) is 0.669. The molecule has 3 nitrogen and oxygen atoms in total. The summed E-state index contributed by atoms with van der Waals surface area (Å²) in [7, 11) is 0. The van der Waals surface area contributed by atoms with Crippen LogP contribution in [0.4, 0.5) is 0 Å². The molecule has 0 fully saturated rings. The third-order valence-electron chi connectivity index (χ3n) is 2.66. The van der Waals surface area contributed by atoms with Gasteiger partial charge in [0.2, 0.25) is 0 Å². The lowest BCUT2D eigenvalue weighted by Gasteiger charge is -2.01. The Balaban J connectivity index is 2.14. The van der Waals surface area contributed by atoms with Crippen molar-refractivity contribution in [3.63, 3.8) is 0 Å². The number of hydrogen-bond acceptors (Lipinski definition) is 2. The molecule has 0 atom stereocenters. The second-order valence-electron chi connectivity index (χ2n) is 3.82. The van der Waals surface area contributed by atoms with Crippen LogP contribution < -0.4 is 0 Å². The number of nitrogens with one attached hydrogen (secondary N) is 1. The first kappa shape index (κ1) is 9.09. The SMILES string of the molecule is Cc1ccc(-c2ccc3nc[nH]c3c2)cn1.